The average Bonchev–Trinajstić information content (AvgIpc) is 2.88. The molecule has 0 N–H and O–H groups in total. The number of rotatable bonds is 2. The first-order chi connectivity index (χ1) is 9.06. The van der Waals surface area contributed by atoms with Crippen LogP contribution in [0, 0.1) is 6.92 Å². The van der Waals surface area contributed by atoms with Gasteiger partial charge in [-0.3, -0.25) is 14.5 Å². The number of Topliss-reactive ketones (excluding diaryl/α,β-unsaturated/α-hetero) is 1. The molecule has 0 atom stereocenters. The van der Waals surface area contributed by atoms with Crippen LogP contribution in [0.25, 0.3) is 0 Å². The second-order valence-electron chi connectivity index (χ2n) is 4.23. The van der Waals surface area contributed by atoms with Gasteiger partial charge in [-0.2, -0.15) is 0 Å². The number of halogens is 1. The van der Waals surface area contributed by atoms with Gasteiger partial charge in [0.05, 0.1) is 22.8 Å². The Balaban J connectivity index is 2.01. The van der Waals surface area contributed by atoms with Crippen molar-refractivity contribution in [1.82, 2.24) is 4.98 Å². The summed E-state index contributed by atoms with van der Waals surface area (Å²) in [7, 11) is 0. The molecule has 0 radical (unpaired) electrons. The van der Waals surface area contributed by atoms with Crippen molar-refractivity contribution < 1.29 is 9.59 Å². The third kappa shape index (κ3) is 2.05. The Morgan fingerprint density at radius 3 is 2.84 bits per heavy atom. The SMILES string of the molecule is Cc1ncc(CN2C(=O)C(=O)c3ccc(Cl)cc32)s1. The summed E-state index contributed by atoms with van der Waals surface area (Å²) in [6.07, 6.45) is 1.72. The van der Waals surface area contributed by atoms with Gasteiger partial charge in [0, 0.05) is 16.1 Å². The van der Waals surface area contributed by atoms with Crippen molar-refractivity contribution in [3.63, 3.8) is 0 Å². The molecular weight excluding hydrogens is 284 g/mol. The molecule has 0 spiro atoms. The van der Waals surface area contributed by atoms with Crippen LogP contribution in [0.1, 0.15) is 20.2 Å². The van der Waals surface area contributed by atoms with Crippen molar-refractivity contribution in [1.29, 1.82) is 0 Å². The van der Waals surface area contributed by atoms with E-state index in [4.69, 9.17) is 11.6 Å². The summed E-state index contributed by atoms with van der Waals surface area (Å²) in [5.74, 6) is -0.990. The number of benzene rings is 1. The number of anilines is 1. The fourth-order valence-corrected chi connectivity index (χ4v) is 3.01. The van der Waals surface area contributed by atoms with E-state index in [1.807, 2.05) is 6.92 Å². The molecule has 6 heteroatoms. The molecule has 4 nitrogen and oxygen atoms in total. The van der Waals surface area contributed by atoms with Gasteiger partial charge >= 0.3 is 0 Å². The quantitative estimate of drug-likeness (QED) is 0.800. The highest BCUT2D eigenvalue weighted by atomic mass is 35.5. The minimum atomic E-state index is -0.511. The maximum Gasteiger partial charge on any atom is 0.299 e. The van der Waals surface area contributed by atoms with Gasteiger partial charge in [-0.25, -0.2) is 4.98 Å². The average molecular weight is 293 g/mol. The number of amides is 1. The fraction of sp³-hybridized carbons (Fsp3) is 0.154. The maximum atomic E-state index is 12.0. The third-order valence-corrected chi connectivity index (χ3v) is 4.05. The normalized spacial score (nSPS) is 14.1. The molecule has 96 valence electrons. The molecule has 1 amide bonds. The van der Waals surface area contributed by atoms with E-state index >= 15 is 0 Å². The summed E-state index contributed by atoms with van der Waals surface area (Å²) >= 11 is 7.44. The molecular formula is C13H9ClN2O2S. The summed E-state index contributed by atoms with van der Waals surface area (Å²) in [6, 6.07) is 4.86. The molecule has 0 bridgehead atoms. The molecule has 0 fully saturated rings. The van der Waals surface area contributed by atoms with E-state index in [-0.39, 0.29) is 0 Å². The number of carbonyl (C=O) groups is 2. The first kappa shape index (κ1) is 12.3. The largest absolute Gasteiger partial charge is 0.299 e. The molecule has 1 aliphatic heterocycles. The van der Waals surface area contributed by atoms with Crippen molar-refractivity contribution in [2.24, 2.45) is 0 Å². The highest BCUT2D eigenvalue weighted by Crippen LogP contribution is 2.33. The minimum absolute atomic E-state index is 0.351. The van der Waals surface area contributed by atoms with Crippen LogP contribution in [0.5, 0.6) is 0 Å². The van der Waals surface area contributed by atoms with E-state index in [1.165, 1.54) is 16.2 Å². The molecule has 1 aromatic heterocycles. The Kier molecular flexibility index (Phi) is 2.88. The number of nitrogens with zero attached hydrogens (tertiary/aromatic N) is 2. The zero-order chi connectivity index (χ0) is 13.6. The standard InChI is InChI=1S/C13H9ClN2O2S/c1-7-15-5-9(19-7)6-16-11-4-8(14)2-3-10(11)12(17)13(16)18/h2-5H,6H2,1H3. The number of hydrogen-bond acceptors (Lipinski definition) is 4. The number of aryl methyl sites for hydroxylation is 1. The van der Waals surface area contributed by atoms with Gasteiger partial charge in [0.25, 0.3) is 11.7 Å². The molecule has 1 aromatic carbocycles. The lowest BCUT2D eigenvalue weighted by Gasteiger charge is -2.15. The lowest BCUT2D eigenvalue weighted by atomic mass is 10.1. The maximum absolute atomic E-state index is 12.0. The van der Waals surface area contributed by atoms with Crippen molar-refractivity contribution >= 4 is 40.3 Å². The van der Waals surface area contributed by atoms with Gasteiger partial charge in [-0.05, 0) is 25.1 Å². The van der Waals surface area contributed by atoms with Gasteiger partial charge < -0.3 is 0 Å². The second-order valence-corrected chi connectivity index (χ2v) is 5.98. The van der Waals surface area contributed by atoms with Crippen molar-refractivity contribution in [2.45, 2.75) is 13.5 Å². The summed E-state index contributed by atoms with van der Waals surface area (Å²) in [5, 5.41) is 1.44. The van der Waals surface area contributed by atoms with Gasteiger partial charge in [0.2, 0.25) is 0 Å². The predicted molar refractivity (Wildman–Crippen MR) is 73.8 cm³/mol. The summed E-state index contributed by atoms with van der Waals surface area (Å²) in [5.41, 5.74) is 0.990. The van der Waals surface area contributed by atoms with E-state index in [0.29, 0.717) is 22.8 Å². The van der Waals surface area contributed by atoms with Gasteiger partial charge in [-0.1, -0.05) is 11.6 Å². The van der Waals surface area contributed by atoms with Crippen molar-refractivity contribution in [2.75, 3.05) is 4.90 Å². The lowest BCUT2D eigenvalue weighted by molar-refractivity contribution is -0.114. The van der Waals surface area contributed by atoms with Crippen molar-refractivity contribution in [3.05, 3.63) is 44.9 Å². The number of fused-ring (bicyclic) bond motifs is 1. The van der Waals surface area contributed by atoms with Crippen LogP contribution in [-0.4, -0.2) is 16.7 Å². The Labute approximate surface area is 118 Å². The smallest absolute Gasteiger partial charge is 0.299 e. The zero-order valence-corrected chi connectivity index (χ0v) is 11.6. The molecule has 2 heterocycles. The predicted octanol–water partition coefficient (Wildman–Crippen LogP) is 2.83. The third-order valence-electron chi connectivity index (χ3n) is 2.92. The number of aromatic nitrogens is 1. The van der Waals surface area contributed by atoms with Crippen LogP contribution >= 0.6 is 22.9 Å². The monoisotopic (exact) mass is 292 g/mol. The van der Waals surface area contributed by atoms with E-state index in [2.05, 4.69) is 4.98 Å². The zero-order valence-electron chi connectivity index (χ0n) is 10.0. The van der Waals surface area contributed by atoms with Crippen LogP contribution in [-0.2, 0) is 11.3 Å². The van der Waals surface area contributed by atoms with Crippen LogP contribution in [0.15, 0.2) is 24.4 Å². The second kappa shape index (κ2) is 4.43. The van der Waals surface area contributed by atoms with Crippen LogP contribution < -0.4 is 4.90 Å². The summed E-state index contributed by atoms with van der Waals surface area (Å²) in [6.45, 7) is 2.25. The van der Waals surface area contributed by atoms with Crippen molar-refractivity contribution in [3.8, 4) is 0 Å². The lowest BCUT2D eigenvalue weighted by Crippen LogP contribution is -2.28. The molecule has 19 heavy (non-hydrogen) atoms. The highest BCUT2D eigenvalue weighted by Gasteiger charge is 2.36. The van der Waals surface area contributed by atoms with E-state index in [1.54, 1.807) is 24.4 Å². The van der Waals surface area contributed by atoms with Gasteiger partial charge in [0.1, 0.15) is 0 Å². The number of ketones is 1. The molecule has 2 aromatic rings. The molecule has 1 aliphatic rings. The Morgan fingerprint density at radius 1 is 1.37 bits per heavy atom. The van der Waals surface area contributed by atoms with E-state index < -0.39 is 11.7 Å². The minimum Gasteiger partial charge on any atom is -0.299 e. The van der Waals surface area contributed by atoms with E-state index in [9.17, 15) is 9.59 Å². The van der Waals surface area contributed by atoms with Gasteiger partial charge in [0.15, 0.2) is 0 Å². The van der Waals surface area contributed by atoms with Crippen LogP contribution in [0.2, 0.25) is 5.02 Å². The summed E-state index contributed by atoms with van der Waals surface area (Å²) in [4.78, 5) is 30.4. The van der Waals surface area contributed by atoms with Crippen LogP contribution in [0.4, 0.5) is 5.69 Å². The molecule has 0 saturated carbocycles. The number of hydrogen-bond donors (Lipinski definition) is 0. The van der Waals surface area contributed by atoms with Crippen LogP contribution in [0.3, 0.4) is 0 Å². The fourth-order valence-electron chi connectivity index (χ4n) is 2.06. The molecule has 0 aliphatic carbocycles. The first-order valence-electron chi connectivity index (χ1n) is 5.63. The highest BCUT2D eigenvalue weighted by molar-refractivity contribution is 7.11. The molecule has 0 unspecified atom stereocenters. The Bertz CT molecular complexity index is 696. The van der Waals surface area contributed by atoms with Gasteiger partial charge in [-0.15, -0.1) is 11.3 Å². The Hall–Kier alpha value is -1.72. The van der Waals surface area contributed by atoms with E-state index in [0.717, 1.165) is 9.88 Å². The molecule has 0 saturated heterocycles. The molecule has 3 rings (SSSR count). The number of carbonyl (C=O) groups excluding carboxylic acids is 2. The number of thiazole rings is 1. The Morgan fingerprint density at radius 2 is 2.16 bits per heavy atom. The first-order valence-corrected chi connectivity index (χ1v) is 6.83. The summed E-state index contributed by atoms with van der Waals surface area (Å²) < 4.78 is 0. The topological polar surface area (TPSA) is 50.3 Å².